The van der Waals surface area contributed by atoms with Crippen molar-refractivity contribution in [2.75, 3.05) is 26.3 Å². The van der Waals surface area contributed by atoms with Gasteiger partial charge in [0, 0.05) is 24.2 Å². The minimum absolute atomic E-state index is 0.211. The Hall–Kier alpha value is -3.62. The maximum absolute atomic E-state index is 12.2. The normalized spacial score (nSPS) is 12.6. The fraction of sp³-hybridized carbons (Fsp3) is 0.379. The van der Waals surface area contributed by atoms with Gasteiger partial charge in [0.05, 0.1) is 13.2 Å². The van der Waals surface area contributed by atoms with Crippen LogP contribution in [0.4, 0.5) is 0 Å². The Balaban J connectivity index is 2.23. The molecular weight excluding hydrogens is 472 g/mol. The van der Waals surface area contributed by atoms with Gasteiger partial charge in [0.25, 0.3) is 11.8 Å². The molecule has 2 aromatic carbocycles. The maximum Gasteiger partial charge on any atom is 0.251 e. The molecule has 2 aromatic rings. The third-order valence-corrected chi connectivity index (χ3v) is 5.81. The third kappa shape index (κ3) is 8.20. The van der Waals surface area contributed by atoms with Gasteiger partial charge in [-0.15, -0.1) is 0 Å². The summed E-state index contributed by atoms with van der Waals surface area (Å²) in [4.78, 5) is 24.4. The lowest BCUT2D eigenvalue weighted by Gasteiger charge is -2.28. The van der Waals surface area contributed by atoms with E-state index in [4.69, 9.17) is 0 Å². The van der Waals surface area contributed by atoms with E-state index < -0.39 is 30.1 Å². The highest BCUT2D eigenvalue weighted by molar-refractivity contribution is 5.94. The van der Waals surface area contributed by atoms with E-state index in [1.165, 1.54) is 12.2 Å². The van der Waals surface area contributed by atoms with Crippen molar-refractivity contribution in [3.63, 3.8) is 0 Å². The number of nitrogens with one attached hydrogen (secondary N) is 2. The fourth-order valence-electron chi connectivity index (χ4n) is 3.36. The molecule has 0 bridgehead atoms. The highest BCUT2D eigenvalue weighted by atomic mass is 16.3. The minimum atomic E-state index is -1.85. The molecule has 0 saturated carbocycles. The van der Waals surface area contributed by atoms with Crippen LogP contribution in [0, 0.1) is 17.3 Å². The Kier molecular flexibility index (Phi) is 10.9. The van der Waals surface area contributed by atoms with Gasteiger partial charge in [0.15, 0.2) is 0 Å². The average molecular weight is 511 g/mol. The van der Waals surface area contributed by atoms with Gasteiger partial charge in [0.2, 0.25) is 0 Å². The number of hydrogen-bond acceptors (Lipinski definition) is 6. The molecule has 0 spiro atoms. The summed E-state index contributed by atoms with van der Waals surface area (Å²) in [6.45, 7) is 7.57. The van der Waals surface area contributed by atoms with E-state index in [0.717, 1.165) is 0 Å². The summed E-state index contributed by atoms with van der Waals surface area (Å²) in [7, 11) is 0. The van der Waals surface area contributed by atoms with Gasteiger partial charge in [-0.1, -0.05) is 52.0 Å². The van der Waals surface area contributed by atoms with Crippen LogP contribution in [-0.4, -0.2) is 58.5 Å². The van der Waals surface area contributed by atoms with Gasteiger partial charge in [-0.25, -0.2) is 0 Å². The van der Waals surface area contributed by atoms with E-state index in [2.05, 4.69) is 10.6 Å². The lowest BCUT2D eigenvalue weighted by Crippen LogP contribution is -2.34. The van der Waals surface area contributed by atoms with Crippen LogP contribution < -0.4 is 10.6 Å². The second-order valence-electron chi connectivity index (χ2n) is 9.91. The number of rotatable bonds is 12. The predicted octanol–water partition coefficient (Wildman–Crippen LogP) is 3.93. The maximum atomic E-state index is 12.2. The van der Waals surface area contributed by atoms with E-state index in [0.29, 0.717) is 47.2 Å². The summed E-state index contributed by atoms with van der Waals surface area (Å²) < 4.78 is 0. The van der Waals surface area contributed by atoms with E-state index in [1.54, 1.807) is 48.5 Å². The molecule has 6 N–H and O–H groups in total. The zero-order valence-corrected chi connectivity index (χ0v) is 21.9. The molecule has 2 rings (SSSR count). The number of carbonyl (C=O) groups excluding carboxylic acids is 2. The van der Waals surface area contributed by atoms with Crippen LogP contribution in [0.3, 0.4) is 0 Å². The zero-order valence-electron chi connectivity index (χ0n) is 21.9. The molecule has 0 fully saturated rings. The van der Waals surface area contributed by atoms with Gasteiger partial charge in [-0.2, -0.15) is 0 Å². The average Bonchev–Trinajstić information content (AvgIpc) is 2.87. The highest BCUT2D eigenvalue weighted by Gasteiger charge is 2.38. The summed E-state index contributed by atoms with van der Waals surface area (Å²) in [6, 6.07) is 12.9. The first-order valence-electron chi connectivity index (χ1n) is 12.3. The van der Waals surface area contributed by atoms with Gasteiger partial charge >= 0.3 is 0 Å². The van der Waals surface area contributed by atoms with Gasteiger partial charge in [-0.3, -0.25) is 9.59 Å². The fourth-order valence-corrected chi connectivity index (χ4v) is 3.36. The summed E-state index contributed by atoms with van der Waals surface area (Å²) in [5, 5.41) is 47.4. The SMILES string of the molecule is CC(C)CNC(=O)c1ccc(C=C(O)C(CO)(CO)C(O)=Cc2ccc(C(=O)NCC(C)C)cc2)cc1. The van der Waals surface area contributed by atoms with Crippen molar-refractivity contribution >= 4 is 24.0 Å². The number of aliphatic hydroxyl groups is 4. The van der Waals surface area contributed by atoms with E-state index in [1.807, 2.05) is 27.7 Å². The van der Waals surface area contributed by atoms with Crippen molar-refractivity contribution in [2.24, 2.45) is 17.3 Å². The quantitative estimate of drug-likeness (QED) is 0.239. The van der Waals surface area contributed by atoms with Crippen LogP contribution >= 0.6 is 0 Å². The van der Waals surface area contributed by atoms with E-state index in [-0.39, 0.29) is 11.8 Å². The molecule has 0 aliphatic rings. The Morgan fingerprint density at radius 2 is 1.03 bits per heavy atom. The molecule has 0 saturated heterocycles. The van der Waals surface area contributed by atoms with Crippen molar-refractivity contribution in [3.8, 4) is 0 Å². The number of aliphatic hydroxyl groups excluding tert-OH is 4. The zero-order chi connectivity index (χ0) is 27.6. The molecular formula is C29H38N2O6. The van der Waals surface area contributed by atoms with Crippen LogP contribution in [-0.2, 0) is 0 Å². The predicted molar refractivity (Wildman–Crippen MR) is 145 cm³/mol. The number of hydrogen-bond donors (Lipinski definition) is 6. The second-order valence-corrected chi connectivity index (χ2v) is 9.91. The summed E-state index contributed by atoms with van der Waals surface area (Å²) in [5.74, 6) is -0.682. The molecule has 0 heterocycles. The van der Waals surface area contributed by atoms with Crippen LogP contribution in [0.15, 0.2) is 60.0 Å². The lowest BCUT2D eigenvalue weighted by atomic mass is 9.83. The molecule has 8 nitrogen and oxygen atoms in total. The molecule has 0 aliphatic heterocycles. The van der Waals surface area contributed by atoms with Crippen molar-refractivity contribution in [3.05, 3.63) is 82.3 Å². The monoisotopic (exact) mass is 510 g/mol. The Morgan fingerprint density at radius 3 is 1.30 bits per heavy atom. The lowest BCUT2D eigenvalue weighted by molar-refractivity contribution is 0.0487. The minimum Gasteiger partial charge on any atom is -0.511 e. The standard InChI is InChI=1S/C29H38N2O6/c1-19(2)15-30-27(36)23-9-5-21(6-10-23)13-25(34)29(17-32,18-33)26(35)14-22-7-11-24(12-8-22)28(37)31-16-20(3)4/h5-14,19-20,32-35H,15-18H2,1-4H3,(H,30,36)(H,31,37). The van der Waals surface area contributed by atoms with Crippen LogP contribution in [0.5, 0.6) is 0 Å². The van der Waals surface area contributed by atoms with E-state index >= 15 is 0 Å². The van der Waals surface area contributed by atoms with Gasteiger partial charge < -0.3 is 31.1 Å². The smallest absolute Gasteiger partial charge is 0.251 e. The molecule has 0 atom stereocenters. The molecule has 200 valence electrons. The van der Waals surface area contributed by atoms with E-state index in [9.17, 15) is 30.0 Å². The Morgan fingerprint density at radius 1 is 0.703 bits per heavy atom. The molecule has 0 aromatic heterocycles. The van der Waals surface area contributed by atoms with Gasteiger partial charge in [0.1, 0.15) is 16.9 Å². The molecule has 2 amide bonds. The summed E-state index contributed by atoms with van der Waals surface area (Å²) in [6.07, 6.45) is 2.63. The second kappa shape index (κ2) is 13.6. The first-order chi connectivity index (χ1) is 17.5. The number of amides is 2. The first-order valence-corrected chi connectivity index (χ1v) is 12.3. The van der Waals surface area contributed by atoms with Crippen molar-refractivity contribution < 1.29 is 30.0 Å². The summed E-state index contributed by atoms with van der Waals surface area (Å²) in [5.41, 5.74) is 0.0806. The van der Waals surface area contributed by atoms with Gasteiger partial charge in [-0.05, 0) is 59.4 Å². The molecule has 0 radical (unpaired) electrons. The van der Waals surface area contributed by atoms with Crippen LogP contribution in [0.2, 0.25) is 0 Å². The van der Waals surface area contributed by atoms with Crippen molar-refractivity contribution in [1.29, 1.82) is 0 Å². The highest BCUT2D eigenvalue weighted by Crippen LogP contribution is 2.34. The largest absolute Gasteiger partial charge is 0.511 e. The first kappa shape index (κ1) is 29.6. The van der Waals surface area contributed by atoms with Crippen molar-refractivity contribution in [2.45, 2.75) is 27.7 Å². The van der Waals surface area contributed by atoms with Crippen LogP contribution in [0.25, 0.3) is 12.2 Å². The molecule has 0 aliphatic carbocycles. The van der Waals surface area contributed by atoms with Crippen LogP contribution in [0.1, 0.15) is 59.5 Å². The molecule has 37 heavy (non-hydrogen) atoms. The number of carbonyl (C=O) groups is 2. The Labute approximate surface area is 218 Å². The number of benzene rings is 2. The summed E-state index contributed by atoms with van der Waals surface area (Å²) >= 11 is 0. The Bertz CT molecular complexity index is 1010. The topological polar surface area (TPSA) is 139 Å². The third-order valence-electron chi connectivity index (χ3n) is 5.81. The molecule has 0 unspecified atom stereocenters. The van der Waals surface area contributed by atoms with Crippen molar-refractivity contribution in [1.82, 2.24) is 10.6 Å². The molecule has 8 heteroatoms.